The number of halogens is 3. The van der Waals surface area contributed by atoms with E-state index in [1.54, 1.807) is 9.80 Å². The standard InChI is InChI=1S/C22H33F3N6O3/c1-15(28-20(33)34-21(2,3)4)13-29-6-5-16(14-29)18(32)30-7-9-31(10-8-30)19-26-11-17(12-27-19)22(23,24)25/h11-12,15-16H,5-10,13-14H2,1-4H3,(H,28,33)/t15-,16-/m0/s1. The zero-order chi connectivity index (χ0) is 25.1. The molecular formula is C22H33F3N6O3. The molecule has 2 amide bonds. The van der Waals surface area contributed by atoms with Crippen LogP contribution in [0.15, 0.2) is 12.4 Å². The van der Waals surface area contributed by atoms with E-state index < -0.39 is 23.4 Å². The third-order valence-corrected chi connectivity index (χ3v) is 5.76. The van der Waals surface area contributed by atoms with Gasteiger partial charge in [0.25, 0.3) is 0 Å². The van der Waals surface area contributed by atoms with Crippen LogP contribution >= 0.6 is 0 Å². The number of aromatic nitrogens is 2. The molecule has 1 N–H and O–H groups in total. The molecule has 12 heteroatoms. The summed E-state index contributed by atoms with van der Waals surface area (Å²) >= 11 is 0. The van der Waals surface area contributed by atoms with Gasteiger partial charge in [0.1, 0.15) is 5.60 Å². The van der Waals surface area contributed by atoms with Crippen LogP contribution in [0.3, 0.4) is 0 Å². The van der Waals surface area contributed by atoms with Crippen molar-refractivity contribution in [2.45, 2.75) is 51.9 Å². The summed E-state index contributed by atoms with van der Waals surface area (Å²) in [6, 6.07) is -0.115. The highest BCUT2D eigenvalue weighted by Gasteiger charge is 2.34. The summed E-state index contributed by atoms with van der Waals surface area (Å²) in [4.78, 5) is 38.4. The summed E-state index contributed by atoms with van der Waals surface area (Å²) in [6.45, 7) is 11.2. The first-order valence-corrected chi connectivity index (χ1v) is 11.5. The number of nitrogens with zero attached hydrogens (tertiary/aromatic N) is 5. The molecule has 1 aromatic rings. The van der Waals surface area contributed by atoms with Crippen LogP contribution in [0.1, 0.15) is 39.7 Å². The van der Waals surface area contributed by atoms with Crippen molar-refractivity contribution in [2.75, 3.05) is 50.7 Å². The first kappa shape index (κ1) is 26.0. The van der Waals surface area contributed by atoms with Crippen molar-refractivity contribution in [3.63, 3.8) is 0 Å². The number of carbonyl (C=O) groups excluding carboxylic acids is 2. The van der Waals surface area contributed by atoms with E-state index in [0.717, 1.165) is 25.4 Å². The average Bonchev–Trinajstić information content (AvgIpc) is 3.19. The van der Waals surface area contributed by atoms with Gasteiger partial charge in [-0.2, -0.15) is 13.2 Å². The fraction of sp³-hybridized carbons (Fsp3) is 0.727. The van der Waals surface area contributed by atoms with Crippen molar-refractivity contribution < 1.29 is 27.5 Å². The number of piperazine rings is 1. The lowest BCUT2D eigenvalue weighted by molar-refractivity contribution is -0.138. The van der Waals surface area contributed by atoms with Gasteiger partial charge in [-0.1, -0.05) is 0 Å². The lowest BCUT2D eigenvalue weighted by Gasteiger charge is -2.36. The second-order valence-corrected chi connectivity index (χ2v) is 9.87. The largest absolute Gasteiger partial charge is 0.444 e. The molecule has 0 aromatic carbocycles. The van der Waals surface area contributed by atoms with Crippen LogP contribution in [0, 0.1) is 5.92 Å². The van der Waals surface area contributed by atoms with Gasteiger partial charge in [0.05, 0.1) is 11.5 Å². The predicted octanol–water partition coefficient (Wildman–Crippen LogP) is 2.38. The first-order valence-electron chi connectivity index (χ1n) is 11.5. The van der Waals surface area contributed by atoms with Crippen molar-refractivity contribution >= 4 is 17.9 Å². The number of alkyl carbamates (subject to hydrolysis) is 1. The van der Waals surface area contributed by atoms with E-state index in [9.17, 15) is 22.8 Å². The second kappa shape index (κ2) is 10.3. The Labute approximate surface area is 197 Å². The van der Waals surface area contributed by atoms with Gasteiger partial charge < -0.3 is 24.8 Å². The fourth-order valence-corrected chi connectivity index (χ4v) is 4.16. The third kappa shape index (κ3) is 7.18. The molecule has 0 aliphatic carbocycles. The maximum atomic E-state index is 13.0. The minimum absolute atomic E-state index is 0.0863. The van der Waals surface area contributed by atoms with Crippen molar-refractivity contribution in [2.24, 2.45) is 5.92 Å². The summed E-state index contributed by atoms with van der Waals surface area (Å²) in [5, 5.41) is 2.82. The molecule has 1 aromatic heterocycles. The van der Waals surface area contributed by atoms with E-state index in [1.807, 2.05) is 27.7 Å². The van der Waals surface area contributed by atoms with Crippen LogP contribution in [0.2, 0.25) is 0 Å². The number of hydrogen-bond acceptors (Lipinski definition) is 7. The van der Waals surface area contributed by atoms with E-state index in [4.69, 9.17) is 4.74 Å². The molecule has 0 saturated carbocycles. The minimum atomic E-state index is -4.47. The highest BCUT2D eigenvalue weighted by molar-refractivity contribution is 5.79. The molecule has 2 aliphatic heterocycles. The van der Waals surface area contributed by atoms with Gasteiger partial charge >= 0.3 is 12.3 Å². The summed E-state index contributed by atoms with van der Waals surface area (Å²) in [5.41, 5.74) is -1.44. The molecule has 2 fully saturated rings. The topological polar surface area (TPSA) is 90.9 Å². The summed E-state index contributed by atoms with van der Waals surface area (Å²) in [6.07, 6.45) is -2.61. The van der Waals surface area contributed by atoms with Gasteiger partial charge in [0.15, 0.2) is 0 Å². The summed E-state index contributed by atoms with van der Waals surface area (Å²) in [7, 11) is 0. The molecular weight excluding hydrogens is 453 g/mol. The van der Waals surface area contributed by atoms with Gasteiger partial charge in [0, 0.05) is 57.7 Å². The van der Waals surface area contributed by atoms with Crippen molar-refractivity contribution in [1.82, 2.24) is 25.1 Å². The monoisotopic (exact) mass is 486 g/mol. The van der Waals surface area contributed by atoms with Gasteiger partial charge in [-0.3, -0.25) is 4.79 Å². The number of ether oxygens (including phenoxy) is 1. The Morgan fingerprint density at radius 2 is 1.74 bits per heavy atom. The Kier molecular flexibility index (Phi) is 7.89. The maximum Gasteiger partial charge on any atom is 0.419 e. The van der Waals surface area contributed by atoms with E-state index in [0.29, 0.717) is 39.3 Å². The zero-order valence-corrected chi connectivity index (χ0v) is 20.1. The predicted molar refractivity (Wildman–Crippen MR) is 119 cm³/mol. The van der Waals surface area contributed by atoms with Crippen LogP contribution in [-0.4, -0.2) is 89.2 Å². The van der Waals surface area contributed by atoms with Crippen LogP contribution in [0.5, 0.6) is 0 Å². The number of nitrogens with one attached hydrogen (secondary N) is 1. The van der Waals surface area contributed by atoms with Gasteiger partial charge in [-0.15, -0.1) is 0 Å². The van der Waals surface area contributed by atoms with E-state index in [-0.39, 0.29) is 23.8 Å². The molecule has 2 saturated heterocycles. The first-order chi connectivity index (χ1) is 15.8. The van der Waals surface area contributed by atoms with E-state index in [1.165, 1.54) is 0 Å². The Bertz CT molecular complexity index is 851. The van der Waals surface area contributed by atoms with Gasteiger partial charge in [-0.25, -0.2) is 14.8 Å². The highest BCUT2D eigenvalue weighted by atomic mass is 19.4. The van der Waals surface area contributed by atoms with Crippen LogP contribution in [-0.2, 0) is 15.7 Å². The lowest BCUT2D eigenvalue weighted by Crippen LogP contribution is -2.51. The van der Waals surface area contributed by atoms with E-state index in [2.05, 4.69) is 20.2 Å². The molecule has 0 radical (unpaired) electrons. The Morgan fingerprint density at radius 1 is 1.12 bits per heavy atom. The highest BCUT2D eigenvalue weighted by Crippen LogP contribution is 2.28. The Balaban J connectivity index is 1.43. The molecule has 9 nitrogen and oxygen atoms in total. The van der Waals surface area contributed by atoms with Crippen LogP contribution in [0.4, 0.5) is 23.9 Å². The number of hydrogen-bond donors (Lipinski definition) is 1. The number of alkyl halides is 3. The van der Waals surface area contributed by atoms with Crippen LogP contribution in [0.25, 0.3) is 0 Å². The number of likely N-dealkylation sites (tertiary alicyclic amines) is 1. The Morgan fingerprint density at radius 3 is 2.29 bits per heavy atom. The average molecular weight is 487 g/mol. The van der Waals surface area contributed by atoms with Crippen LogP contribution < -0.4 is 10.2 Å². The number of rotatable bonds is 5. The molecule has 2 atom stereocenters. The van der Waals surface area contributed by atoms with Crippen molar-refractivity contribution in [3.05, 3.63) is 18.0 Å². The molecule has 34 heavy (non-hydrogen) atoms. The smallest absolute Gasteiger partial charge is 0.419 e. The molecule has 0 bridgehead atoms. The summed E-state index contributed by atoms with van der Waals surface area (Å²) in [5.74, 6) is 0.212. The minimum Gasteiger partial charge on any atom is -0.444 e. The lowest BCUT2D eigenvalue weighted by atomic mass is 10.1. The molecule has 3 heterocycles. The molecule has 3 rings (SSSR count). The number of amides is 2. The number of carbonyl (C=O) groups is 2. The van der Waals surface area contributed by atoms with E-state index >= 15 is 0 Å². The molecule has 0 spiro atoms. The maximum absolute atomic E-state index is 13.0. The van der Waals surface area contributed by atoms with Crippen molar-refractivity contribution in [1.29, 1.82) is 0 Å². The third-order valence-electron chi connectivity index (χ3n) is 5.76. The van der Waals surface area contributed by atoms with Gasteiger partial charge in [0.2, 0.25) is 11.9 Å². The van der Waals surface area contributed by atoms with Gasteiger partial charge in [-0.05, 0) is 40.7 Å². The SMILES string of the molecule is C[C@@H](CN1CC[C@H](C(=O)N2CCN(c3ncc(C(F)(F)F)cn3)CC2)C1)NC(=O)OC(C)(C)C. The fourth-order valence-electron chi connectivity index (χ4n) is 4.16. The Hall–Kier alpha value is -2.63. The quantitative estimate of drug-likeness (QED) is 0.683. The zero-order valence-electron chi connectivity index (χ0n) is 20.1. The molecule has 2 aliphatic rings. The molecule has 0 unspecified atom stereocenters. The normalized spacial score (nSPS) is 20.9. The summed E-state index contributed by atoms with van der Waals surface area (Å²) < 4.78 is 43.4. The number of anilines is 1. The van der Waals surface area contributed by atoms with Crippen molar-refractivity contribution in [3.8, 4) is 0 Å². The molecule has 190 valence electrons. The second-order valence-electron chi connectivity index (χ2n) is 9.87.